The summed E-state index contributed by atoms with van der Waals surface area (Å²) in [6, 6.07) is 9.20. The second-order valence-corrected chi connectivity index (χ2v) is 9.52. The van der Waals surface area contributed by atoms with Crippen LogP contribution in [0.1, 0.15) is 41.4 Å². The molecule has 5 heteroatoms. The van der Waals surface area contributed by atoms with Crippen LogP contribution in [0.3, 0.4) is 0 Å². The predicted octanol–water partition coefficient (Wildman–Crippen LogP) is 5.28. The number of hydrogen-bond donors (Lipinski definition) is 1. The molecule has 1 aliphatic carbocycles. The summed E-state index contributed by atoms with van der Waals surface area (Å²) in [6.45, 7) is 8.00. The first-order valence-corrected chi connectivity index (χ1v) is 10.9. The summed E-state index contributed by atoms with van der Waals surface area (Å²) in [5, 5.41) is 1.02. The molecular formula is C22H25NO3S. The van der Waals surface area contributed by atoms with E-state index in [2.05, 4.69) is 11.6 Å². The highest BCUT2D eigenvalue weighted by Crippen LogP contribution is 2.35. The molecule has 1 N–H and O–H groups in total. The molecule has 0 fully saturated rings. The minimum absolute atomic E-state index is 0.327. The van der Waals surface area contributed by atoms with Gasteiger partial charge in [0, 0.05) is 23.1 Å². The van der Waals surface area contributed by atoms with Gasteiger partial charge in [-0.25, -0.2) is 8.42 Å². The lowest BCUT2D eigenvalue weighted by atomic mass is 9.88. The van der Waals surface area contributed by atoms with Crippen LogP contribution in [0, 0.1) is 26.7 Å². The number of aryl methyl sites for hydroxylation is 4. The van der Waals surface area contributed by atoms with Crippen molar-refractivity contribution < 1.29 is 12.8 Å². The maximum absolute atomic E-state index is 13.0. The molecule has 1 atom stereocenters. The highest BCUT2D eigenvalue weighted by molar-refractivity contribution is 7.92. The second-order valence-electron chi connectivity index (χ2n) is 7.87. The first kappa shape index (κ1) is 18.1. The highest BCUT2D eigenvalue weighted by atomic mass is 32.2. The number of hydrogen-bond acceptors (Lipinski definition) is 3. The molecule has 4 rings (SSSR count). The van der Waals surface area contributed by atoms with Crippen LogP contribution in [0.4, 0.5) is 5.69 Å². The van der Waals surface area contributed by atoms with Gasteiger partial charge < -0.3 is 4.42 Å². The van der Waals surface area contributed by atoms with E-state index in [9.17, 15) is 8.42 Å². The topological polar surface area (TPSA) is 59.3 Å². The third-order valence-electron chi connectivity index (χ3n) is 5.62. The molecule has 1 aliphatic rings. The molecule has 1 heterocycles. The molecule has 4 nitrogen and oxygen atoms in total. The molecule has 27 heavy (non-hydrogen) atoms. The van der Waals surface area contributed by atoms with Gasteiger partial charge in [0.15, 0.2) is 0 Å². The van der Waals surface area contributed by atoms with Gasteiger partial charge in [0.2, 0.25) is 0 Å². The van der Waals surface area contributed by atoms with E-state index in [0.717, 1.165) is 52.7 Å². The Morgan fingerprint density at radius 3 is 2.56 bits per heavy atom. The minimum Gasteiger partial charge on any atom is -0.461 e. The average molecular weight is 384 g/mol. The Kier molecular flexibility index (Phi) is 4.30. The van der Waals surface area contributed by atoms with Gasteiger partial charge in [-0.15, -0.1) is 0 Å². The molecule has 0 saturated heterocycles. The van der Waals surface area contributed by atoms with Crippen molar-refractivity contribution in [2.24, 2.45) is 5.92 Å². The fourth-order valence-corrected chi connectivity index (χ4v) is 5.31. The van der Waals surface area contributed by atoms with Crippen LogP contribution in [-0.2, 0) is 22.9 Å². The number of benzene rings is 2. The number of rotatable bonds is 3. The molecule has 0 radical (unpaired) electrons. The van der Waals surface area contributed by atoms with Crippen LogP contribution in [0.2, 0.25) is 0 Å². The molecule has 0 bridgehead atoms. The Labute approximate surface area is 160 Å². The second kappa shape index (κ2) is 6.41. The summed E-state index contributed by atoms with van der Waals surface area (Å²) in [4.78, 5) is 0.327. The fraction of sp³-hybridized carbons (Fsp3) is 0.364. The molecule has 142 valence electrons. The van der Waals surface area contributed by atoms with E-state index < -0.39 is 10.0 Å². The Bertz CT molecular complexity index is 1140. The van der Waals surface area contributed by atoms with Crippen molar-refractivity contribution in [1.29, 1.82) is 0 Å². The Balaban J connectivity index is 1.73. The largest absolute Gasteiger partial charge is 0.461 e. The zero-order valence-corrected chi connectivity index (χ0v) is 17.0. The molecule has 1 aromatic heterocycles. The molecule has 0 spiro atoms. The average Bonchev–Trinajstić information content (AvgIpc) is 2.95. The Hall–Kier alpha value is -2.27. The van der Waals surface area contributed by atoms with Gasteiger partial charge in [0.1, 0.15) is 11.3 Å². The lowest BCUT2D eigenvalue weighted by Gasteiger charge is -2.17. The van der Waals surface area contributed by atoms with Crippen LogP contribution in [0.25, 0.3) is 11.0 Å². The van der Waals surface area contributed by atoms with Crippen molar-refractivity contribution in [3.8, 4) is 0 Å². The first-order chi connectivity index (χ1) is 12.7. The normalized spacial score (nSPS) is 17.1. The van der Waals surface area contributed by atoms with Crippen LogP contribution in [-0.4, -0.2) is 8.42 Å². The van der Waals surface area contributed by atoms with Crippen LogP contribution in [0.15, 0.2) is 39.6 Å². The number of nitrogens with one attached hydrogen (secondary N) is 1. The van der Waals surface area contributed by atoms with Crippen molar-refractivity contribution in [1.82, 2.24) is 0 Å². The van der Waals surface area contributed by atoms with Gasteiger partial charge in [-0.05, 0) is 80.5 Å². The third-order valence-corrected chi connectivity index (χ3v) is 7.15. The summed E-state index contributed by atoms with van der Waals surface area (Å²) in [5.41, 5.74) is 5.44. The van der Waals surface area contributed by atoms with E-state index in [4.69, 9.17) is 4.42 Å². The van der Waals surface area contributed by atoms with E-state index in [1.807, 2.05) is 39.0 Å². The van der Waals surface area contributed by atoms with Crippen molar-refractivity contribution in [2.45, 2.75) is 51.9 Å². The van der Waals surface area contributed by atoms with E-state index in [1.54, 1.807) is 12.1 Å². The Morgan fingerprint density at radius 2 is 1.78 bits per heavy atom. The van der Waals surface area contributed by atoms with Gasteiger partial charge in [0.05, 0.1) is 4.90 Å². The monoisotopic (exact) mass is 383 g/mol. The predicted molar refractivity (Wildman–Crippen MR) is 109 cm³/mol. The van der Waals surface area contributed by atoms with Gasteiger partial charge in [-0.2, -0.15) is 0 Å². The van der Waals surface area contributed by atoms with Gasteiger partial charge in [0.25, 0.3) is 10.0 Å². The van der Waals surface area contributed by atoms with Crippen molar-refractivity contribution in [3.63, 3.8) is 0 Å². The maximum atomic E-state index is 13.0. The van der Waals surface area contributed by atoms with Crippen molar-refractivity contribution in [2.75, 3.05) is 4.72 Å². The third kappa shape index (κ3) is 3.25. The van der Waals surface area contributed by atoms with Gasteiger partial charge in [-0.3, -0.25) is 4.72 Å². The summed E-state index contributed by atoms with van der Waals surface area (Å²) in [7, 11) is -3.65. The number of anilines is 1. The smallest absolute Gasteiger partial charge is 0.262 e. The van der Waals surface area contributed by atoms with E-state index in [0.29, 0.717) is 16.5 Å². The highest BCUT2D eigenvalue weighted by Gasteiger charge is 2.23. The maximum Gasteiger partial charge on any atom is 0.262 e. The summed E-state index contributed by atoms with van der Waals surface area (Å²) in [5.74, 6) is 1.67. The molecule has 0 unspecified atom stereocenters. The quantitative estimate of drug-likeness (QED) is 0.669. The first-order valence-electron chi connectivity index (χ1n) is 9.39. The zero-order valence-electron chi connectivity index (χ0n) is 16.2. The number of sulfonamides is 1. The van der Waals surface area contributed by atoms with Crippen LogP contribution >= 0.6 is 0 Å². The number of fused-ring (bicyclic) bond motifs is 3. The van der Waals surface area contributed by atoms with E-state index >= 15 is 0 Å². The summed E-state index contributed by atoms with van der Waals surface area (Å²) >= 11 is 0. The van der Waals surface area contributed by atoms with Crippen LogP contribution < -0.4 is 4.72 Å². The summed E-state index contributed by atoms with van der Waals surface area (Å²) < 4.78 is 34.7. The van der Waals surface area contributed by atoms with Crippen molar-refractivity contribution >= 4 is 26.7 Å². The lowest BCUT2D eigenvalue weighted by molar-refractivity contribution is 0.438. The molecule has 2 aromatic carbocycles. The summed E-state index contributed by atoms with van der Waals surface area (Å²) in [6.07, 6.45) is 3.07. The standard InChI is InChI=1S/C22H25NO3S/c1-13-5-7-20-18(9-13)19-12-17(6-8-21(19)26-20)23-27(24,25)22-11-15(3)14(2)10-16(22)4/h6,8,10-13,23H,5,7,9H2,1-4H3/t13-/m1/s1. The molecule has 0 saturated carbocycles. The minimum atomic E-state index is -3.65. The zero-order chi connectivity index (χ0) is 19.3. The SMILES string of the molecule is Cc1cc(C)c(S(=O)(=O)Nc2ccc3oc4c(c3c2)C[C@H](C)CC4)cc1C. The van der Waals surface area contributed by atoms with Gasteiger partial charge in [-0.1, -0.05) is 13.0 Å². The molecule has 0 aliphatic heterocycles. The molecule has 0 amide bonds. The molecular weight excluding hydrogens is 358 g/mol. The van der Waals surface area contributed by atoms with Crippen molar-refractivity contribution in [3.05, 3.63) is 58.3 Å². The van der Waals surface area contributed by atoms with Gasteiger partial charge >= 0.3 is 0 Å². The van der Waals surface area contributed by atoms with Crippen LogP contribution in [0.5, 0.6) is 0 Å². The van der Waals surface area contributed by atoms with E-state index in [1.165, 1.54) is 5.56 Å². The Morgan fingerprint density at radius 1 is 1.04 bits per heavy atom. The molecule has 3 aromatic rings. The number of furan rings is 1. The van der Waals surface area contributed by atoms with E-state index in [-0.39, 0.29) is 0 Å². The lowest BCUT2D eigenvalue weighted by Crippen LogP contribution is -2.15. The fourth-order valence-electron chi connectivity index (χ4n) is 3.95.